The quantitative estimate of drug-likeness (QED) is 0.577. The van der Waals surface area contributed by atoms with Crippen LogP contribution in [0.4, 0.5) is 10.1 Å². The van der Waals surface area contributed by atoms with Gasteiger partial charge in [-0.05, 0) is 18.2 Å². The fourth-order valence-electron chi connectivity index (χ4n) is 1.95. The molecule has 3 aromatic rings. The summed E-state index contributed by atoms with van der Waals surface area (Å²) in [6.45, 7) is 0. The zero-order valence-corrected chi connectivity index (χ0v) is 10.6. The summed E-state index contributed by atoms with van der Waals surface area (Å²) >= 11 is 0. The number of aromatic nitrogens is 1. The van der Waals surface area contributed by atoms with E-state index in [2.05, 4.69) is 15.5 Å². The Morgan fingerprint density at radius 3 is 2.75 bits per heavy atom. The van der Waals surface area contributed by atoms with Crippen LogP contribution in [0.3, 0.4) is 0 Å². The molecule has 0 atom stereocenters. The van der Waals surface area contributed by atoms with Crippen LogP contribution in [0.2, 0.25) is 0 Å². The van der Waals surface area contributed by atoms with Crippen molar-refractivity contribution in [2.24, 2.45) is 5.10 Å². The van der Waals surface area contributed by atoms with E-state index in [-0.39, 0.29) is 5.82 Å². The molecular weight excluding hydrogens is 253 g/mol. The van der Waals surface area contributed by atoms with Crippen molar-refractivity contribution in [1.29, 1.82) is 0 Å². The number of anilines is 1. The second kappa shape index (κ2) is 5.48. The molecule has 0 aliphatic heterocycles. The molecule has 3 rings (SSSR count). The molecule has 0 fully saturated rings. The van der Waals surface area contributed by atoms with Gasteiger partial charge in [-0.3, -0.25) is 10.4 Å². The maximum Gasteiger partial charge on any atom is 0.132 e. The standard InChI is InChI=1S/C16H12FN3/c17-14-8-2-1-5-13(14)11-19-20-15-9-3-6-12-7-4-10-18-16(12)15/h1-11,20H/b19-11-. The van der Waals surface area contributed by atoms with Crippen molar-refractivity contribution in [1.82, 2.24) is 4.98 Å². The van der Waals surface area contributed by atoms with E-state index in [1.54, 1.807) is 24.4 Å². The van der Waals surface area contributed by atoms with Crippen molar-refractivity contribution in [3.05, 3.63) is 72.2 Å². The average molecular weight is 265 g/mol. The molecule has 0 bridgehead atoms. The molecule has 0 spiro atoms. The molecule has 1 heterocycles. The smallest absolute Gasteiger partial charge is 0.132 e. The van der Waals surface area contributed by atoms with Gasteiger partial charge >= 0.3 is 0 Å². The molecule has 98 valence electrons. The number of nitrogens with one attached hydrogen (secondary N) is 1. The molecule has 0 aliphatic rings. The topological polar surface area (TPSA) is 37.3 Å². The van der Waals surface area contributed by atoms with Gasteiger partial charge in [-0.15, -0.1) is 0 Å². The SMILES string of the molecule is Fc1ccccc1/C=N\Nc1cccc2cccnc12. The lowest BCUT2D eigenvalue weighted by molar-refractivity contribution is 0.626. The first-order valence-electron chi connectivity index (χ1n) is 6.22. The Morgan fingerprint density at radius 2 is 1.85 bits per heavy atom. The number of para-hydroxylation sites is 1. The van der Waals surface area contributed by atoms with Crippen LogP contribution in [-0.2, 0) is 0 Å². The number of fused-ring (bicyclic) bond motifs is 1. The minimum absolute atomic E-state index is 0.297. The first-order chi connectivity index (χ1) is 9.84. The van der Waals surface area contributed by atoms with Crippen LogP contribution >= 0.6 is 0 Å². The van der Waals surface area contributed by atoms with Crippen LogP contribution in [0, 0.1) is 5.82 Å². The third-order valence-corrected chi connectivity index (χ3v) is 2.93. The largest absolute Gasteiger partial charge is 0.276 e. The van der Waals surface area contributed by atoms with Crippen molar-refractivity contribution in [3.8, 4) is 0 Å². The van der Waals surface area contributed by atoms with E-state index < -0.39 is 0 Å². The Bertz CT molecular complexity index is 763. The Morgan fingerprint density at radius 1 is 1.00 bits per heavy atom. The molecule has 0 unspecified atom stereocenters. The first kappa shape index (κ1) is 12.3. The molecule has 1 N–H and O–H groups in total. The molecule has 0 saturated carbocycles. The van der Waals surface area contributed by atoms with Crippen molar-refractivity contribution in [2.75, 3.05) is 5.43 Å². The Kier molecular flexibility index (Phi) is 3.37. The zero-order chi connectivity index (χ0) is 13.8. The molecule has 2 aromatic carbocycles. The number of benzene rings is 2. The van der Waals surface area contributed by atoms with Crippen LogP contribution in [0.15, 0.2) is 65.9 Å². The summed E-state index contributed by atoms with van der Waals surface area (Å²) in [7, 11) is 0. The molecular formula is C16H12FN3. The van der Waals surface area contributed by atoms with E-state index >= 15 is 0 Å². The molecule has 0 radical (unpaired) electrons. The van der Waals surface area contributed by atoms with E-state index in [4.69, 9.17) is 0 Å². The second-order valence-corrected chi connectivity index (χ2v) is 4.27. The van der Waals surface area contributed by atoms with E-state index in [1.807, 2.05) is 30.3 Å². The third kappa shape index (κ3) is 2.49. The van der Waals surface area contributed by atoms with Gasteiger partial charge in [-0.2, -0.15) is 5.10 Å². The van der Waals surface area contributed by atoms with Gasteiger partial charge < -0.3 is 0 Å². The lowest BCUT2D eigenvalue weighted by atomic mass is 10.2. The van der Waals surface area contributed by atoms with Gasteiger partial charge in [0.15, 0.2) is 0 Å². The van der Waals surface area contributed by atoms with Crippen molar-refractivity contribution in [3.63, 3.8) is 0 Å². The van der Waals surface area contributed by atoms with E-state index in [0.29, 0.717) is 5.56 Å². The van der Waals surface area contributed by atoms with Crippen LogP contribution in [0.25, 0.3) is 10.9 Å². The Balaban J connectivity index is 1.86. The van der Waals surface area contributed by atoms with Crippen molar-refractivity contribution >= 4 is 22.8 Å². The monoisotopic (exact) mass is 265 g/mol. The van der Waals surface area contributed by atoms with Gasteiger partial charge in [-0.1, -0.05) is 36.4 Å². The highest BCUT2D eigenvalue weighted by Gasteiger charge is 2.00. The van der Waals surface area contributed by atoms with Crippen molar-refractivity contribution in [2.45, 2.75) is 0 Å². The highest BCUT2D eigenvalue weighted by Crippen LogP contribution is 2.20. The summed E-state index contributed by atoms with van der Waals surface area (Å²) in [6, 6.07) is 16.1. The van der Waals surface area contributed by atoms with Gasteiger partial charge in [0, 0.05) is 17.1 Å². The maximum atomic E-state index is 13.4. The number of pyridine rings is 1. The predicted octanol–water partition coefficient (Wildman–Crippen LogP) is 3.82. The predicted molar refractivity (Wildman–Crippen MR) is 79.4 cm³/mol. The fourth-order valence-corrected chi connectivity index (χ4v) is 1.95. The number of hydrogen-bond acceptors (Lipinski definition) is 3. The number of hydrogen-bond donors (Lipinski definition) is 1. The molecule has 0 aliphatic carbocycles. The van der Waals surface area contributed by atoms with Gasteiger partial charge in [0.1, 0.15) is 5.82 Å². The molecule has 0 saturated heterocycles. The highest BCUT2D eigenvalue weighted by molar-refractivity contribution is 5.90. The number of rotatable bonds is 3. The van der Waals surface area contributed by atoms with Gasteiger partial charge in [0.2, 0.25) is 0 Å². The summed E-state index contributed by atoms with van der Waals surface area (Å²) in [5, 5.41) is 5.09. The lowest BCUT2D eigenvalue weighted by Crippen LogP contribution is -1.94. The van der Waals surface area contributed by atoms with Gasteiger partial charge in [0.25, 0.3) is 0 Å². The summed E-state index contributed by atoms with van der Waals surface area (Å²) in [5.41, 5.74) is 4.96. The van der Waals surface area contributed by atoms with Gasteiger partial charge in [0.05, 0.1) is 17.4 Å². The Labute approximate surface area is 115 Å². The van der Waals surface area contributed by atoms with Crippen molar-refractivity contribution < 1.29 is 4.39 Å². The van der Waals surface area contributed by atoms with Crippen LogP contribution < -0.4 is 5.43 Å². The minimum atomic E-state index is -0.297. The van der Waals surface area contributed by atoms with E-state index in [1.165, 1.54) is 12.3 Å². The molecule has 20 heavy (non-hydrogen) atoms. The van der Waals surface area contributed by atoms with Gasteiger partial charge in [-0.25, -0.2) is 4.39 Å². The Hall–Kier alpha value is -2.75. The average Bonchev–Trinajstić information content (AvgIpc) is 2.49. The molecule has 1 aromatic heterocycles. The minimum Gasteiger partial charge on any atom is -0.276 e. The van der Waals surface area contributed by atoms with Crippen LogP contribution in [0.5, 0.6) is 0 Å². The second-order valence-electron chi connectivity index (χ2n) is 4.27. The summed E-state index contributed by atoms with van der Waals surface area (Å²) in [5.74, 6) is -0.297. The molecule has 4 heteroatoms. The number of nitrogens with zero attached hydrogens (tertiary/aromatic N) is 2. The summed E-state index contributed by atoms with van der Waals surface area (Å²) in [4.78, 5) is 4.31. The fraction of sp³-hybridized carbons (Fsp3) is 0. The lowest BCUT2D eigenvalue weighted by Gasteiger charge is -2.04. The number of hydrazone groups is 1. The highest BCUT2D eigenvalue weighted by atomic mass is 19.1. The van der Waals surface area contributed by atoms with Crippen LogP contribution in [-0.4, -0.2) is 11.2 Å². The summed E-state index contributed by atoms with van der Waals surface area (Å²) in [6.07, 6.45) is 3.19. The maximum absolute atomic E-state index is 13.4. The molecule has 0 amide bonds. The van der Waals surface area contributed by atoms with Crippen LogP contribution in [0.1, 0.15) is 5.56 Å². The zero-order valence-electron chi connectivity index (χ0n) is 10.6. The van der Waals surface area contributed by atoms with E-state index in [0.717, 1.165) is 16.6 Å². The molecule has 3 nitrogen and oxygen atoms in total. The normalized spacial score (nSPS) is 11.1. The first-order valence-corrected chi connectivity index (χ1v) is 6.22. The summed E-state index contributed by atoms with van der Waals surface area (Å²) < 4.78 is 13.4. The number of halogens is 1. The van der Waals surface area contributed by atoms with E-state index in [9.17, 15) is 4.39 Å². The third-order valence-electron chi connectivity index (χ3n) is 2.93.